The second-order valence-electron chi connectivity index (χ2n) is 14.3. The van der Waals surface area contributed by atoms with Crippen LogP contribution in [0.25, 0.3) is 0 Å². The molecule has 4 amide bonds. The number of fused-ring (bicyclic) bond motifs is 1. The minimum atomic E-state index is -4.81. The number of carbonyl (C=O) groups excluding carboxylic acids is 3. The van der Waals surface area contributed by atoms with E-state index in [4.69, 9.17) is 22.1 Å². The minimum absolute atomic E-state index is 0.0196. The number of rotatable bonds is 7. The Balaban J connectivity index is 1.13. The Hall–Kier alpha value is -4.28. The lowest BCUT2D eigenvalue weighted by molar-refractivity contribution is -0.149. The number of nitrogens with zero attached hydrogens (tertiary/aromatic N) is 5. The summed E-state index contributed by atoms with van der Waals surface area (Å²) >= 11 is 6.10. The number of piperidine rings is 2. The number of nitrogen functional groups attached to an aromatic ring is 1. The van der Waals surface area contributed by atoms with E-state index in [-0.39, 0.29) is 61.3 Å². The summed E-state index contributed by atoms with van der Waals surface area (Å²) in [5.41, 5.74) is 5.69. The van der Waals surface area contributed by atoms with Gasteiger partial charge in [0.2, 0.25) is 0 Å². The van der Waals surface area contributed by atoms with Crippen molar-refractivity contribution < 1.29 is 42.2 Å². The Kier molecular flexibility index (Phi) is 11.6. The molecule has 0 aliphatic carbocycles. The largest absolute Gasteiger partial charge is 0.480 e. The third-order valence-corrected chi connectivity index (χ3v) is 11.2. The van der Waals surface area contributed by atoms with Crippen molar-refractivity contribution in [2.45, 2.75) is 68.9 Å². The SMILES string of the molecule is CN1CCN(C2CCN(C(=O)C(Cc3cc(Cl)c(N)c(C(F)(F)F)c3)OC(=O)N3CCC(N4CCc5ccccc5NC4=O)CC3)CC2)C(C(=O)O)C1. The smallest absolute Gasteiger partial charge is 0.418 e. The number of halogens is 4. The van der Waals surface area contributed by atoms with E-state index in [0.29, 0.717) is 58.3 Å². The van der Waals surface area contributed by atoms with Crippen LogP contribution in [0.3, 0.4) is 0 Å². The molecule has 3 fully saturated rings. The Labute approximate surface area is 310 Å². The molecule has 4 N–H and O–H groups in total. The lowest BCUT2D eigenvalue weighted by atomic mass is 9.98. The molecule has 17 heteroatoms. The number of carboxylic acids is 1. The molecule has 53 heavy (non-hydrogen) atoms. The van der Waals surface area contributed by atoms with E-state index >= 15 is 0 Å². The Morgan fingerprint density at radius 3 is 2.32 bits per heavy atom. The highest BCUT2D eigenvalue weighted by Crippen LogP contribution is 2.38. The van der Waals surface area contributed by atoms with E-state index in [9.17, 15) is 37.5 Å². The van der Waals surface area contributed by atoms with Crippen molar-refractivity contribution >= 4 is 47.0 Å². The van der Waals surface area contributed by atoms with Gasteiger partial charge in [-0.05, 0) is 68.5 Å². The van der Waals surface area contributed by atoms with Gasteiger partial charge in [-0.15, -0.1) is 0 Å². The van der Waals surface area contributed by atoms with Crippen LogP contribution >= 0.6 is 11.6 Å². The van der Waals surface area contributed by atoms with E-state index in [2.05, 4.69) is 5.32 Å². The first kappa shape index (κ1) is 38.4. The predicted molar refractivity (Wildman–Crippen MR) is 191 cm³/mol. The highest BCUT2D eigenvalue weighted by atomic mass is 35.5. The summed E-state index contributed by atoms with van der Waals surface area (Å²) in [6.07, 6.45) is -4.86. The molecule has 13 nitrogen and oxygen atoms in total. The number of nitrogens with two attached hydrogens (primary N) is 1. The molecule has 2 atom stereocenters. The van der Waals surface area contributed by atoms with Crippen molar-refractivity contribution in [3.05, 3.63) is 58.1 Å². The number of hydrogen-bond acceptors (Lipinski definition) is 8. The second-order valence-corrected chi connectivity index (χ2v) is 14.7. The zero-order valence-corrected chi connectivity index (χ0v) is 30.2. The maximum Gasteiger partial charge on any atom is 0.418 e. The first-order chi connectivity index (χ1) is 25.2. The van der Waals surface area contributed by atoms with Gasteiger partial charge < -0.3 is 40.5 Å². The number of aliphatic carboxylic acids is 1. The Bertz CT molecular complexity index is 1700. The van der Waals surface area contributed by atoms with Crippen LogP contribution in [0.4, 0.5) is 34.1 Å². The number of carbonyl (C=O) groups is 4. The predicted octanol–water partition coefficient (Wildman–Crippen LogP) is 4.23. The van der Waals surface area contributed by atoms with E-state index in [1.165, 1.54) is 15.9 Å². The van der Waals surface area contributed by atoms with Crippen molar-refractivity contribution in [2.75, 3.05) is 70.5 Å². The van der Waals surface area contributed by atoms with E-state index < -0.39 is 47.5 Å². The highest BCUT2D eigenvalue weighted by Gasteiger charge is 2.40. The molecule has 2 unspecified atom stereocenters. The number of likely N-dealkylation sites (N-methyl/N-ethyl adjacent to an activating group) is 1. The molecule has 6 rings (SSSR count). The van der Waals surface area contributed by atoms with Gasteiger partial charge in [-0.3, -0.25) is 14.5 Å². The topological polar surface area (TPSA) is 152 Å². The fourth-order valence-electron chi connectivity index (χ4n) is 7.93. The van der Waals surface area contributed by atoms with Gasteiger partial charge in [0.15, 0.2) is 6.10 Å². The second kappa shape index (κ2) is 16.0. The zero-order valence-electron chi connectivity index (χ0n) is 29.5. The molecule has 3 saturated heterocycles. The van der Waals surface area contributed by atoms with Crippen LogP contribution in [-0.2, 0) is 33.3 Å². The lowest BCUT2D eigenvalue weighted by Gasteiger charge is -2.45. The van der Waals surface area contributed by atoms with Gasteiger partial charge in [0.25, 0.3) is 5.91 Å². The number of benzene rings is 2. The molecule has 2 aromatic rings. The van der Waals surface area contributed by atoms with Crippen LogP contribution in [0.1, 0.15) is 42.4 Å². The molecule has 0 radical (unpaired) electrons. The van der Waals surface area contributed by atoms with Crippen molar-refractivity contribution in [2.24, 2.45) is 0 Å². The number of ether oxygens (including phenoxy) is 1. The number of carboxylic acid groups (broad SMARTS) is 1. The van der Waals surface area contributed by atoms with Crippen molar-refractivity contribution in [3.63, 3.8) is 0 Å². The first-order valence-corrected chi connectivity index (χ1v) is 18.3. The molecular formula is C36H45ClF3N7O6. The summed E-state index contributed by atoms with van der Waals surface area (Å²) in [4.78, 5) is 61.5. The zero-order chi connectivity index (χ0) is 38.0. The third kappa shape index (κ3) is 8.76. The standard InChI is InChI=1S/C36H45ClF3N7O6/c1-43-16-17-46(29(21-43)33(49)50)24-7-11-44(12-8-24)32(48)30(20-22-18-26(36(38,39)40)31(41)27(37)19-22)53-35(52)45-13-9-25(10-14-45)47-15-6-23-4-2-3-5-28(23)42-34(47)51/h2-5,18-19,24-25,29-30H,6-17,20-21,41H2,1H3,(H,42,51)(H,49,50). The molecule has 4 aliphatic heterocycles. The lowest BCUT2D eigenvalue weighted by Crippen LogP contribution is -2.60. The number of hydrogen-bond donors (Lipinski definition) is 3. The molecule has 288 valence electrons. The molecule has 4 heterocycles. The Morgan fingerprint density at radius 2 is 1.64 bits per heavy atom. The van der Waals surface area contributed by atoms with E-state index in [0.717, 1.165) is 17.3 Å². The number of likely N-dealkylation sites (tertiary alicyclic amines) is 2. The average Bonchev–Trinajstić information content (AvgIpc) is 3.30. The van der Waals surface area contributed by atoms with Crippen molar-refractivity contribution in [3.8, 4) is 0 Å². The normalized spacial score (nSPS) is 21.8. The van der Waals surface area contributed by atoms with Crippen molar-refractivity contribution in [1.29, 1.82) is 0 Å². The number of alkyl halides is 3. The summed E-state index contributed by atoms with van der Waals surface area (Å²) in [5, 5.41) is 12.5. The van der Waals surface area contributed by atoms with Gasteiger partial charge in [0.05, 0.1) is 16.3 Å². The van der Waals surface area contributed by atoms with Crippen LogP contribution in [0, 0.1) is 0 Å². The first-order valence-electron chi connectivity index (χ1n) is 17.9. The fraction of sp³-hybridized carbons (Fsp3) is 0.556. The third-order valence-electron chi connectivity index (χ3n) is 10.9. The van der Waals surface area contributed by atoms with Gasteiger partial charge in [-0.1, -0.05) is 29.8 Å². The number of urea groups is 1. The average molecular weight is 764 g/mol. The maximum absolute atomic E-state index is 14.1. The molecule has 0 spiro atoms. The number of nitrogens with one attached hydrogen (secondary N) is 1. The van der Waals surface area contributed by atoms with E-state index in [1.54, 1.807) is 4.90 Å². The number of anilines is 2. The summed E-state index contributed by atoms with van der Waals surface area (Å²) in [5.74, 6) is -1.48. The van der Waals surface area contributed by atoms with Crippen LogP contribution in [0.5, 0.6) is 0 Å². The fourth-order valence-corrected chi connectivity index (χ4v) is 8.17. The number of para-hydroxylation sites is 1. The van der Waals surface area contributed by atoms with Gasteiger partial charge in [0.1, 0.15) is 6.04 Å². The van der Waals surface area contributed by atoms with Gasteiger partial charge in [-0.25, -0.2) is 9.59 Å². The quantitative estimate of drug-likeness (QED) is 0.352. The van der Waals surface area contributed by atoms with Crippen LogP contribution in [-0.4, -0.2) is 137 Å². The van der Waals surface area contributed by atoms with E-state index in [1.807, 2.05) is 41.1 Å². The summed E-state index contributed by atoms with van der Waals surface area (Å²) in [7, 11) is 1.87. The van der Waals surface area contributed by atoms with Crippen LogP contribution in [0.2, 0.25) is 5.02 Å². The van der Waals surface area contributed by atoms with Crippen LogP contribution in [0.15, 0.2) is 36.4 Å². The molecule has 4 aliphatic rings. The highest BCUT2D eigenvalue weighted by molar-refractivity contribution is 6.33. The molecule has 2 aromatic carbocycles. The molecule has 0 bridgehead atoms. The summed E-state index contributed by atoms with van der Waals surface area (Å²) in [6.45, 7) is 3.16. The molecule has 0 saturated carbocycles. The van der Waals surface area contributed by atoms with Crippen molar-refractivity contribution in [1.82, 2.24) is 24.5 Å². The molecular weight excluding hydrogens is 719 g/mol. The summed E-state index contributed by atoms with van der Waals surface area (Å²) in [6, 6.07) is 8.57. The molecule has 0 aromatic heterocycles. The van der Waals surface area contributed by atoms with Gasteiger partial charge >= 0.3 is 24.3 Å². The number of piperazine rings is 1. The summed E-state index contributed by atoms with van der Waals surface area (Å²) < 4.78 is 47.4. The monoisotopic (exact) mass is 763 g/mol. The minimum Gasteiger partial charge on any atom is -0.480 e. The maximum atomic E-state index is 14.1. The van der Waals surface area contributed by atoms with Gasteiger partial charge in [0, 0.05) is 76.5 Å². The van der Waals surface area contributed by atoms with Crippen LogP contribution < -0.4 is 11.1 Å². The van der Waals surface area contributed by atoms with Gasteiger partial charge in [-0.2, -0.15) is 13.2 Å². The Morgan fingerprint density at radius 1 is 0.981 bits per heavy atom. The number of amides is 4.